The van der Waals surface area contributed by atoms with Gasteiger partial charge in [-0.15, -0.1) is 23.1 Å². The summed E-state index contributed by atoms with van der Waals surface area (Å²) in [5.41, 5.74) is 10.1. The smallest absolute Gasteiger partial charge is 0.404 e. The van der Waals surface area contributed by atoms with Gasteiger partial charge in [-0.05, 0) is 11.6 Å². The Morgan fingerprint density at radius 2 is 2.19 bits per heavy atom. The molecule has 1 fully saturated rings. The summed E-state index contributed by atoms with van der Waals surface area (Å²) >= 11 is 2.27. The van der Waals surface area contributed by atoms with Crippen LogP contribution in [0.5, 0.6) is 0 Å². The molecule has 2 atom stereocenters. The lowest BCUT2D eigenvalue weighted by Gasteiger charge is -2.49. The summed E-state index contributed by atoms with van der Waals surface area (Å²) in [6.07, 6.45) is 1.85. The van der Waals surface area contributed by atoms with E-state index in [1.807, 2.05) is 0 Å². The number of ether oxygens (including phenoxy) is 1. The maximum atomic E-state index is 12.6. The van der Waals surface area contributed by atoms with Gasteiger partial charge in [-0.3, -0.25) is 14.5 Å². The normalized spacial score (nSPS) is 21.0. The number of β-lactam (4-membered cyclic amide) rings is 1. The van der Waals surface area contributed by atoms with E-state index in [4.69, 9.17) is 16.7 Å². The zero-order valence-electron chi connectivity index (χ0n) is 15.5. The zero-order chi connectivity index (χ0) is 22.7. The first-order valence-electron chi connectivity index (χ1n) is 8.48. The fourth-order valence-corrected chi connectivity index (χ4v) is 4.78. The van der Waals surface area contributed by atoms with Crippen LogP contribution < -0.4 is 16.8 Å². The summed E-state index contributed by atoms with van der Waals surface area (Å²) in [6.45, 7) is -0.156. The molecule has 0 saturated carbocycles. The first-order chi connectivity index (χ1) is 14.7. The van der Waals surface area contributed by atoms with Crippen molar-refractivity contribution in [1.29, 1.82) is 0 Å². The van der Waals surface area contributed by atoms with Gasteiger partial charge in [0, 0.05) is 11.1 Å². The minimum Gasteiger partial charge on any atom is -0.477 e. The number of aliphatic carboxylic acids is 1. The van der Waals surface area contributed by atoms with E-state index < -0.39 is 41.0 Å². The second-order valence-corrected chi connectivity index (χ2v) is 8.09. The number of thiazole rings is 1. The van der Waals surface area contributed by atoms with Crippen molar-refractivity contribution >= 4 is 57.8 Å². The van der Waals surface area contributed by atoms with Crippen molar-refractivity contribution in [2.45, 2.75) is 11.4 Å². The molecule has 1 unspecified atom stereocenters. The molecule has 15 heteroatoms. The Morgan fingerprint density at radius 3 is 2.77 bits per heavy atom. The highest BCUT2D eigenvalue weighted by Gasteiger charge is 2.54. The predicted octanol–water partition coefficient (Wildman–Crippen LogP) is -0.706. The number of aromatic nitrogens is 1. The molecule has 0 spiro atoms. The van der Waals surface area contributed by atoms with E-state index in [2.05, 4.69) is 20.2 Å². The summed E-state index contributed by atoms with van der Waals surface area (Å²) in [5.74, 6) is -2.60. The van der Waals surface area contributed by atoms with Crippen LogP contribution >= 0.6 is 23.1 Å². The lowest BCUT2D eigenvalue weighted by molar-refractivity contribution is -0.150. The molecule has 0 aliphatic carbocycles. The monoisotopic (exact) mass is 468 g/mol. The van der Waals surface area contributed by atoms with E-state index in [-0.39, 0.29) is 28.9 Å². The second-order valence-electron chi connectivity index (χ2n) is 6.09. The summed E-state index contributed by atoms with van der Waals surface area (Å²) in [7, 11) is 0. The van der Waals surface area contributed by atoms with E-state index in [1.54, 1.807) is 0 Å². The SMILES string of the molecule is NC(=O)OC/C=C/C1=C(C(=O)O)N2C(=O)C(NC(=O)/C(=N\O)c3csc(N)n3)[C@@H]2SC1. The number of primary amides is 1. The number of nitrogens with two attached hydrogens (primary N) is 2. The van der Waals surface area contributed by atoms with Crippen LogP contribution in [0.1, 0.15) is 5.69 Å². The van der Waals surface area contributed by atoms with Gasteiger partial charge in [-0.1, -0.05) is 11.2 Å². The lowest BCUT2D eigenvalue weighted by atomic mass is 10.0. The minimum absolute atomic E-state index is 0.0409. The van der Waals surface area contributed by atoms with Crippen molar-refractivity contribution in [2.75, 3.05) is 18.1 Å². The number of thioether (sulfide) groups is 1. The number of hydrogen-bond acceptors (Lipinski definition) is 11. The number of carboxylic acids is 1. The number of carbonyl (C=O) groups excluding carboxylic acids is 3. The summed E-state index contributed by atoms with van der Waals surface area (Å²) in [6, 6.07) is -1.02. The van der Waals surface area contributed by atoms with Crippen LogP contribution in [0.25, 0.3) is 0 Å². The standard InChI is InChI=1S/C16H16N6O7S2/c17-15-19-7(5-31-15)8(21-28)11(23)20-9-12(24)22-10(14(25)26)6(4-30-13(9)22)2-1-3-29-16(18)27/h1-2,5,9,13,28H,3-4H2,(H2,17,19)(H2,18,27)(H,20,23)(H,25,26)/b2-1+,21-8-/t9?,13-/m0/s1. The molecule has 2 aliphatic rings. The molecule has 2 aliphatic heterocycles. The molecule has 13 nitrogen and oxygen atoms in total. The first-order valence-corrected chi connectivity index (χ1v) is 10.4. The average Bonchev–Trinajstić information content (AvgIpc) is 3.14. The zero-order valence-corrected chi connectivity index (χ0v) is 17.2. The van der Waals surface area contributed by atoms with Crippen molar-refractivity contribution in [3.05, 3.63) is 34.5 Å². The average molecular weight is 468 g/mol. The van der Waals surface area contributed by atoms with Gasteiger partial charge in [0.2, 0.25) is 0 Å². The maximum Gasteiger partial charge on any atom is 0.404 e. The third-order valence-electron chi connectivity index (χ3n) is 4.21. The fourth-order valence-electron chi connectivity index (χ4n) is 2.91. The molecule has 0 aromatic carbocycles. The lowest BCUT2D eigenvalue weighted by Crippen LogP contribution is -2.71. The highest BCUT2D eigenvalue weighted by Crippen LogP contribution is 2.40. The minimum atomic E-state index is -1.32. The number of nitrogens with zero attached hydrogens (tertiary/aromatic N) is 3. The number of nitrogens with one attached hydrogen (secondary N) is 1. The molecule has 3 rings (SSSR count). The Balaban J connectivity index is 1.74. The largest absolute Gasteiger partial charge is 0.477 e. The van der Waals surface area contributed by atoms with Crippen molar-refractivity contribution in [1.82, 2.24) is 15.2 Å². The number of hydrogen-bond donors (Lipinski definition) is 5. The number of fused-ring (bicyclic) bond motifs is 1. The van der Waals surface area contributed by atoms with Gasteiger partial charge in [0.1, 0.15) is 29.4 Å². The third-order valence-corrected chi connectivity index (χ3v) is 6.18. The van der Waals surface area contributed by atoms with Crippen molar-refractivity contribution < 1.29 is 34.2 Å². The van der Waals surface area contributed by atoms with Crippen LogP contribution in [0.15, 0.2) is 34.0 Å². The quantitative estimate of drug-likeness (QED) is 0.147. The number of allylic oxidation sites excluding steroid dienone is 1. The van der Waals surface area contributed by atoms with E-state index >= 15 is 0 Å². The van der Waals surface area contributed by atoms with Gasteiger partial charge >= 0.3 is 12.1 Å². The molecular weight excluding hydrogens is 452 g/mol. The van der Waals surface area contributed by atoms with Crippen LogP contribution in [-0.2, 0) is 19.1 Å². The van der Waals surface area contributed by atoms with Gasteiger partial charge in [-0.2, -0.15) is 0 Å². The molecular formula is C16H16N6O7S2. The molecule has 1 aromatic rings. The summed E-state index contributed by atoms with van der Waals surface area (Å²) in [4.78, 5) is 52.3. The Morgan fingerprint density at radius 1 is 1.45 bits per heavy atom. The number of carboxylic acid groups (broad SMARTS) is 1. The Kier molecular flexibility index (Phi) is 6.45. The maximum absolute atomic E-state index is 12.6. The summed E-state index contributed by atoms with van der Waals surface area (Å²) in [5, 5.41) is 25.0. The van der Waals surface area contributed by atoms with E-state index in [1.165, 1.54) is 29.3 Å². The van der Waals surface area contributed by atoms with Gasteiger partial charge < -0.3 is 31.8 Å². The molecule has 0 radical (unpaired) electrons. The second kappa shape index (κ2) is 9.05. The number of oxime groups is 1. The molecule has 3 heterocycles. The van der Waals surface area contributed by atoms with Crippen molar-refractivity contribution in [3.8, 4) is 0 Å². The van der Waals surface area contributed by atoms with E-state index in [9.17, 15) is 24.3 Å². The van der Waals surface area contributed by atoms with Crippen LogP contribution in [0, 0.1) is 0 Å². The Labute approximate surface area is 182 Å². The molecule has 1 aromatic heterocycles. The van der Waals surface area contributed by atoms with E-state index in [0.29, 0.717) is 5.57 Å². The first kappa shape index (κ1) is 22.1. The van der Waals surface area contributed by atoms with Gasteiger partial charge in [-0.25, -0.2) is 14.6 Å². The van der Waals surface area contributed by atoms with Crippen LogP contribution in [0.2, 0.25) is 0 Å². The number of rotatable bonds is 7. The fraction of sp³-hybridized carbons (Fsp3) is 0.250. The number of anilines is 1. The number of amides is 3. The molecule has 3 amide bonds. The summed E-state index contributed by atoms with van der Waals surface area (Å²) < 4.78 is 4.55. The Hall–Kier alpha value is -3.59. The molecule has 1 saturated heterocycles. The van der Waals surface area contributed by atoms with Crippen LogP contribution in [0.3, 0.4) is 0 Å². The number of carbonyl (C=O) groups is 4. The van der Waals surface area contributed by atoms with Crippen LogP contribution in [0.4, 0.5) is 9.93 Å². The third kappa shape index (κ3) is 4.46. The highest BCUT2D eigenvalue weighted by molar-refractivity contribution is 8.00. The predicted molar refractivity (Wildman–Crippen MR) is 109 cm³/mol. The van der Waals surface area contributed by atoms with Gasteiger partial charge in [0.05, 0.1) is 0 Å². The Bertz CT molecular complexity index is 1030. The van der Waals surface area contributed by atoms with Gasteiger partial charge in [0.15, 0.2) is 10.8 Å². The van der Waals surface area contributed by atoms with Gasteiger partial charge in [0.25, 0.3) is 11.8 Å². The highest BCUT2D eigenvalue weighted by atomic mass is 32.2. The van der Waals surface area contributed by atoms with Crippen molar-refractivity contribution in [2.24, 2.45) is 10.9 Å². The van der Waals surface area contributed by atoms with E-state index in [0.717, 1.165) is 16.2 Å². The topological polar surface area (TPSA) is 211 Å². The van der Waals surface area contributed by atoms with Crippen LogP contribution in [-0.4, -0.2) is 73.6 Å². The number of nitrogen functional groups attached to an aromatic ring is 1. The molecule has 7 N–H and O–H groups in total. The molecule has 164 valence electrons. The molecule has 31 heavy (non-hydrogen) atoms. The van der Waals surface area contributed by atoms with Crippen molar-refractivity contribution in [3.63, 3.8) is 0 Å². The molecule has 0 bridgehead atoms.